The average molecular weight is 488 g/mol. The summed E-state index contributed by atoms with van der Waals surface area (Å²) in [7, 11) is -3.55. The molecule has 150 valence electrons. The Balaban J connectivity index is 1.51. The lowest BCUT2D eigenvalue weighted by Crippen LogP contribution is -2.31. The molecule has 0 radical (unpaired) electrons. The van der Waals surface area contributed by atoms with Gasteiger partial charge < -0.3 is 9.88 Å². The minimum atomic E-state index is -3.55. The second-order valence-corrected chi connectivity index (χ2v) is 10.3. The van der Waals surface area contributed by atoms with Crippen LogP contribution in [0.15, 0.2) is 51.1 Å². The zero-order chi connectivity index (χ0) is 20.1. The van der Waals surface area contributed by atoms with Gasteiger partial charge in [0.15, 0.2) is 8.13 Å². The summed E-state index contributed by atoms with van der Waals surface area (Å²) in [6.07, 6.45) is 4.81. The molecule has 0 aliphatic heterocycles. The first-order valence-electron chi connectivity index (χ1n) is 8.44. The highest BCUT2D eigenvalue weighted by atomic mass is 79.9. The molecule has 0 unspecified atom stereocenters. The highest BCUT2D eigenvalue weighted by molar-refractivity contribution is 9.11. The molecule has 0 fully saturated rings. The molecule has 1 aromatic carbocycles. The number of halogens is 2. The minimum absolute atomic E-state index is 0.00294. The molecule has 0 aliphatic carbocycles. The molecule has 1 atom stereocenters. The third-order valence-corrected chi connectivity index (χ3v) is 7.54. The van der Waals surface area contributed by atoms with E-state index in [0.29, 0.717) is 17.0 Å². The highest BCUT2D eigenvalue weighted by Gasteiger charge is 2.16. The van der Waals surface area contributed by atoms with Gasteiger partial charge in [0.05, 0.1) is 24.3 Å². The Bertz CT molecular complexity index is 1020. The largest absolute Gasteiger partial charge is 0.326 e. The van der Waals surface area contributed by atoms with Crippen molar-refractivity contribution in [3.63, 3.8) is 0 Å². The first kappa shape index (κ1) is 21.1. The molecule has 7 nitrogen and oxygen atoms in total. The molecule has 11 heteroatoms. The van der Waals surface area contributed by atoms with E-state index in [1.54, 1.807) is 24.7 Å². The van der Waals surface area contributed by atoms with Gasteiger partial charge in [0.25, 0.3) is 10.0 Å². The summed E-state index contributed by atoms with van der Waals surface area (Å²) >= 11 is 4.21. The fourth-order valence-corrected chi connectivity index (χ4v) is 5.53. The van der Waals surface area contributed by atoms with Crippen molar-refractivity contribution >= 4 is 37.3 Å². The van der Waals surface area contributed by atoms with Gasteiger partial charge in [-0.05, 0) is 40.5 Å². The summed E-state index contributed by atoms with van der Waals surface area (Å²) in [5.41, 5.74) is 1.93. The molecule has 3 aromatic rings. The molecular weight excluding hydrogens is 469 g/mol. The molecule has 0 bridgehead atoms. The molecule has 2 heterocycles. The Labute approximate surface area is 175 Å². The second-order valence-electron chi connectivity index (χ2n) is 6.03. The molecule has 0 saturated heterocycles. The van der Waals surface area contributed by atoms with Crippen molar-refractivity contribution in [2.75, 3.05) is 13.1 Å². The first-order valence-corrected chi connectivity index (χ1v) is 11.5. The maximum atomic E-state index is 13.1. The number of benzene rings is 1. The van der Waals surface area contributed by atoms with Crippen LogP contribution in [0.1, 0.15) is 24.2 Å². The monoisotopic (exact) mass is 487 g/mol. The zero-order valence-electron chi connectivity index (χ0n) is 15.0. The van der Waals surface area contributed by atoms with Gasteiger partial charge >= 0.3 is 0 Å². The van der Waals surface area contributed by atoms with Gasteiger partial charge in [-0.3, -0.25) is 0 Å². The average Bonchev–Trinajstić information content (AvgIpc) is 3.31. The van der Waals surface area contributed by atoms with E-state index < -0.39 is 10.0 Å². The van der Waals surface area contributed by atoms with Crippen LogP contribution in [0.3, 0.4) is 0 Å². The van der Waals surface area contributed by atoms with Crippen molar-refractivity contribution in [1.29, 1.82) is 0 Å². The molecule has 28 heavy (non-hydrogen) atoms. The van der Waals surface area contributed by atoms with Crippen molar-refractivity contribution < 1.29 is 12.8 Å². The smallest absolute Gasteiger partial charge is 0.251 e. The molecule has 0 amide bonds. The van der Waals surface area contributed by atoms with Crippen molar-refractivity contribution in [2.24, 2.45) is 0 Å². The van der Waals surface area contributed by atoms with Crippen LogP contribution in [0.25, 0.3) is 0 Å². The zero-order valence-corrected chi connectivity index (χ0v) is 18.2. The second kappa shape index (κ2) is 9.23. The van der Waals surface area contributed by atoms with Crippen LogP contribution >= 0.6 is 27.3 Å². The van der Waals surface area contributed by atoms with Crippen LogP contribution in [0.2, 0.25) is 0 Å². The van der Waals surface area contributed by atoms with Crippen LogP contribution < -0.4 is 10.0 Å². The predicted octanol–water partition coefficient (Wildman–Crippen LogP) is 2.92. The molecule has 0 spiro atoms. The van der Waals surface area contributed by atoms with Gasteiger partial charge in [0, 0.05) is 25.8 Å². The maximum Gasteiger partial charge on any atom is 0.251 e. The minimum Gasteiger partial charge on any atom is -0.326 e. The number of imidazole rings is 1. The summed E-state index contributed by atoms with van der Waals surface area (Å²) in [5, 5.41) is 3.20. The lowest BCUT2D eigenvalue weighted by molar-refractivity contribution is 0.562. The fourth-order valence-electron chi connectivity index (χ4n) is 2.64. The van der Waals surface area contributed by atoms with Crippen molar-refractivity contribution in [2.45, 2.75) is 23.7 Å². The van der Waals surface area contributed by atoms with Crippen LogP contribution in [-0.4, -0.2) is 36.0 Å². The van der Waals surface area contributed by atoms with Crippen molar-refractivity contribution in [1.82, 2.24) is 24.6 Å². The Morgan fingerprint density at radius 1 is 1.25 bits per heavy atom. The third kappa shape index (κ3) is 5.23. The fraction of sp³-hybridized carbons (Fsp3) is 0.294. The quantitative estimate of drug-likeness (QED) is 0.453. The van der Waals surface area contributed by atoms with Crippen LogP contribution in [0.4, 0.5) is 4.39 Å². The number of thiazole rings is 1. The van der Waals surface area contributed by atoms with Gasteiger partial charge in [-0.2, -0.15) is 0 Å². The van der Waals surface area contributed by atoms with Gasteiger partial charge in [-0.15, -0.1) is 0 Å². The van der Waals surface area contributed by atoms with E-state index in [4.69, 9.17) is 0 Å². The molecule has 2 aromatic heterocycles. The SMILES string of the molecule is C[C@H](c1ccc(F)cc1)n1cncc1CNCCNS(=O)(=O)c1cnc(Br)s1. The summed E-state index contributed by atoms with van der Waals surface area (Å²) < 4.78 is 42.6. The lowest BCUT2D eigenvalue weighted by Gasteiger charge is -2.17. The van der Waals surface area contributed by atoms with E-state index in [1.807, 2.05) is 11.5 Å². The summed E-state index contributed by atoms with van der Waals surface area (Å²) in [5.74, 6) is -0.267. The van der Waals surface area contributed by atoms with E-state index in [2.05, 4.69) is 35.9 Å². The highest BCUT2D eigenvalue weighted by Crippen LogP contribution is 2.22. The van der Waals surface area contributed by atoms with Crippen LogP contribution in [0.5, 0.6) is 0 Å². The van der Waals surface area contributed by atoms with E-state index in [0.717, 1.165) is 22.6 Å². The molecule has 0 saturated carbocycles. The summed E-state index contributed by atoms with van der Waals surface area (Å²) in [6.45, 7) is 3.24. The van der Waals surface area contributed by atoms with E-state index >= 15 is 0 Å². The maximum absolute atomic E-state index is 13.1. The summed E-state index contributed by atoms with van der Waals surface area (Å²) in [4.78, 5) is 8.08. The number of hydrogen-bond donors (Lipinski definition) is 2. The Hall–Kier alpha value is -1.66. The van der Waals surface area contributed by atoms with E-state index in [9.17, 15) is 12.8 Å². The van der Waals surface area contributed by atoms with Crippen molar-refractivity contribution in [3.05, 3.63) is 64.0 Å². The van der Waals surface area contributed by atoms with Gasteiger partial charge in [0.1, 0.15) is 5.82 Å². The number of aromatic nitrogens is 3. The molecule has 0 aliphatic rings. The predicted molar refractivity (Wildman–Crippen MR) is 109 cm³/mol. The molecular formula is C17H19BrFN5O2S2. The molecule has 3 rings (SSSR count). The van der Waals surface area contributed by atoms with Gasteiger partial charge in [-0.25, -0.2) is 27.5 Å². The standard InChI is InChI=1S/C17H19BrFN5O2S2/c1-12(13-2-4-14(19)5-3-13)24-11-21-9-15(24)8-20-6-7-23-28(25,26)16-10-22-17(18)27-16/h2-5,9-12,20,23H,6-8H2,1H3/t12-/m1/s1. The number of sulfonamides is 1. The van der Waals surface area contributed by atoms with Gasteiger partial charge in [0.2, 0.25) is 0 Å². The topological polar surface area (TPSA) is 88.9 Å². The number of nitrogens with zero attached hydrogens (tertiary/aromatic N) is 3. The number of hydrogen-bond acceptors (Lipinski definition) is 6. The molecule has 2 N–H and O–H groups in total. The van der Waals surface area contributed by atoms with Crippen molar-refractivity contribution in [3.8, 4) is 0 Å². The lowest BCUT2D eigenvalue weighted by atomic mass is 10.1. The van der Waals surface area contributed by atoms with E-state index in [1.165, 1.54) is 18.3 Å². The number of rotatable bonds is 9. The normalized spacial score (nSPS) is 13.0. The third-order valence-electron chi connectivity index (χ3n) is 4.14. The number of nitrogens with one attached hydrogen (secondary N) is 2. The van der Waals surface area contributed by atoms with E-state index in [-0.39, 0.29) is 22.6 Å². The Kier molecular flexibility index (Phi) is 6.94. The summed E-state index contributed by atoms with van der Waals surface area (Å²) in [6, 6.07) is 6.39. The van der Waals surface area contributed by atoms with Gasteiger partial charge in [-0.1, -0.05) is 23.5 Å². The Morgan fingerprint density at radius 3 is 2.68 bits per heavy atom. The first-order chi connectivity index (χ1) is 13.4. The Morgan fingerprint density at radius 2 is 2.00 bits per heavy atom. The van der Waals surface area contributed by atoms with Crippen LogP contribution in [0, 0.1) is 5.82 Å². The van der Waals surface area contributed by atoms with Crippen LogP contribution in [-0.2, 0) is 16.6 Å².